The van der Waals surface area contributed by atoms with Crippen LogP contribution in [0.15, 0.2) is 16.9 Å². The third-order valence-corrected chi connectivity index (χ3v) is 4.72. The number of hydrogen-bond donors (Lipinski definition) is 1. The van der Waals surface area contributed by atoms with Gasteiger partial charge < -0.3 is 19.4 Å². The molecule has 1 saturated heterocycles. The predicted octanol–water partition coefficient (Wildman–Crippen LogP) is 2.21. The number of carbonyl (C=O) groups is 2. The first-order chi connectivity index (χ1) is 14.2. The molecule has 1 N–H and O–H groups in total. The first-order valence-corrected chi connectivity index (χ1v) is 9.27. The number of nitrogens with zero attached hydrogens (tertiary/aromatic N) is 5. The number of rotatable bonds is 2. The summed E-state index contributed by atoms with van der Waals surface area (Å²) in [5.41, 5.74) is 2.37. The van der Waals surface area contributed by atoms with Crippen LogP contribution in [0.1, 0.15) is 40.2 Å². The van der Waals surface area contributed by atoms with Crippen LogP contribution in [0.25, 0.3) is 0 Å². The minimum atomic E-state index is -5.08. The van der Waals surface area contributed by atoms with Crippen molar-refractivity contribution in [2.45, 2.75) is 38.9 Å². The summed E-state index contributed by atoms with van der Waals surface area (Å²) in [6.45, 7) is 4.92. The van der Waals surface area contributed by atoms with Crippen LogP contribution in [0.5, 0.6) is 0 Å². The van der Waals surface area contributed by atoms with Gasteiger partial charge >= 0.3 is 12.1 Å². The smallest absolute Gasteiger partial charge is 0.475 e. The number of aromatic nitrogens is 3. The van der Waals surface area contributed by atoms with Crippen LogP contribution in [-0.2, 0) is 17.8 Å². The van der Waals surface area contributed by atoms with E-state index in [1.807, 2.05) is 24.2 Å². The first-order valence-electron chi connectivity index (χ1n) is 9.27. The molecule has 0 saturated carbocycles. The lowest BCUT2D eigenvalue weighted by Crippen LogP contribution is -2.34. The number of carbonyl (C=O) groups excluding carboxylic acids is 1. The lowest BCUT2D eigenvalue weighted by molar-refractivity contribution is -0.192. The molecule has 2 aliphatic rings. The molecule has 2 aliphatic heterocycles. The fourth-order valence-corrected chi connectivity index (χ4v) is 3.17. The second-order valence-electron chi connectivity index (χ2n) is 6.97. The number of aliphatic carboxylic acids is 1. The maximum Gasteiger partial charge on any atom is 0.490 e. The molecule has 1 amide bonds. The van der Waals surface area contributed by atoms with Crippen molar-refractivity contribution in [1.29, 1.82) is 0 Å². The number of amides is 1. The molecule has 9 nitrogen and oxygen atoms in total. The average molecular weight is 427 g/mol. The Hall–Kier alpha value is -3.18. The van der Waals surface area contributed by atoms with Gasteiger partial charge in [0.15, 0.2) is 5.69 Å². The fraction of sp³-hybridized carbons (Fsp3) is 0.500. The van der Waals surface area contributed by atoms with Gasteiger partial charge in [-0.15, -0.1) is 0 Å². The van der Waals surface area contributed by atoms with Gasteiger partial charge in [-0.05, 0) is 25.3 Å². The maximum absolute atomic E-state index is 12.6. The van der Waals surface area contributed by atoms with Crippen molar-refractivity contribution in [3.63, 3.8) is 0 Å². The number of carboxylic acid groups (broad SMARTS) is 1. The van der Waals surface area contributed by atoms with Gasteiger partial charge in [0.25, 0.3) is 5.91 Å². The number of hydrogen-bond acceptors (Lipinski definition) is 7. The van der Waals surface area contributed by atoms with Gasteiger partial charge in [-0.1, -0.05) is 5.16 Å². The van der Waals surface area contributed by atoms with Crippen molar-refractivity contribution < 1.29 is 32.4 Å². The minimum Gasteiger partial charge on any atom is -0.475 e. The Morgan fingerprint density at radius 1 is 1.13 bits per heavy atom. The highest BCUT2D eigenvalue weighted by atomic mass is 19.4. The van der Waals surface area contributed by atoms with E-state index in [-0.39, 0.29) is 5.91 Å². The van der Waals surface area contributed by atoms with E-state index < -0.39 is 12.1 Å². The van der Waals surface area contributed by atoms with Crippen LogP contribution in [-0.4, -0.2) is 62.8 Å². The van der Waals surface area contributed by atoms with E-state index in [0.717, 1.165) is 49.4 Å². The van der Waals surface area contributed by atoms with Gasteiger partial charge in [0.05, 0.1) is 6.54 Å². The van der Waals surface area contributed by atoms with Gasteiger partial charge in [0, 0.05) is 44.0 Å². The van der Waals surface area contributed by atoms with Crippen LogP contribution in [0.4, 0.5) is 19.1 Å². The molecule has 0 spiro atoms. The van der Waals surface area contributed by atoms with E-state index in [2.05, 4.69) is 20.0 Å². The van der Waals surface area contributed by atoms with E-state index in [4.69, 9.17) is 14.4 Å². The van der Waals surface area contributed by atoms with Crippen molar-refractivity contribution in [3.05, 3.63) is 35.0 Å². The fourth-order valence-electron chi connectivity index (χ4n) is 3.17. The zero-order chi connectivity index (χ0) is 21.9. The number of halogens is 3. The number of fused-ring (bicyclic) bond motifs is 1. The zero-order valence-electron chi connectivity index (χ0n) is 16.1. The maximum atomic E-state index is 12.6. The largest absolute Gasteiger partial charge is 0.490 e. The summed E-state index contributed by atoms with van der Waals surface area (Å²) in [6, 6.07) is 0. The average Bonchev–Trinajstić information content (AvgIpc) is 3.37. The Labute approximate surface area is 169 Å². The third-order valence-electron chi connectivity index (χ3n) is 4.72. The summed E-state index contributed by atoms with van der Waals surface area (Å²) in [6.07, 6.45) is 1.38. The van der Waals surface area contributed by atoms with Crippen molar-refractivity contribution in [2.24, 2.45) is 0 Å². The molecule has 1 fully saturated rings. The molecule has 0 bridgehead atoms. The lowest BCUT2D eigenvalue weighted by atomic mass is 10.1. The van der Waals surface area contributed by atoms with Crippen molar-refractivity contribution >= 4 is 17.8 Å². The van der Waals surface area contributed by atoms with Gasteiger partial charge in [-0.3, -0.25) is 4.79 Å². The predicted molar refractivity (Wildman–Crippen MR) is 96.9 cm³/mol. The van der Waals surface area contributed by atoms with E-state index >= 15 is 0 Å². The second kappa shape index (κ2) is 8.67. The van der Waals surface area contributed by atoms with Gasteiger partial charge in [0.2, 0.25) is 5.95 Å². The van der Waals surface area contributed by atoms with Crippen LogP contribution in [0, 0.1) is 6.92 Å². The molecule has 0 aromatic carbocycles. The SMILES string of the molecule is Cc1cnc(N2CCc3onc(C(=O)N4CCCC4)c3C2)nc1.O=C(O)C(F)(F)F. The van der Waals surface area contributed by atoms with Crippen molar-refractivity contribution in [1.82, 2.24) is 20.0 Å². The van der Waals surface area contributed by atoms with Crippen molar-refractivity contribution in [3.8, 4) is 0 Å². The summed E-state index contributed by atoms with van der Waals surface area (Å²) >= 11 is 0. The molecule has 2 aromatic heterocycles. The molecule has 12 heteroatoms. The first kappa shape index (κ1) is 21.5. The zero-order valence-corrected chi connectivity index (χ0v) is 16.1. The number of aryl methyl sites for hydroxylation is 1. The molecule has 0 aliphatic carbocycles. The van der Waals surface area contributed by atoms with Crippen molar-refractivity contribution in [2.75, 3.05) is 24.5 Å². The van der Waals surface area contributed by atoms with E-state index in [0.29, 0.717) is 24.6 Å². The third kappa shape index (κ3) is 4.86. The lowest BCUT2D eigenvalue weighted by Gasteiger charge is -2.26. The molecule has 2 aromatic rings. The number of likely N-dealkylation sites (tertiary alicyclic amines) is 1. The topological polar surface area (TPSA) is 113 Å². The number of carboxylic acids is 1. The molecule has 0 unspecified atom stereocenters. The highest BCUT2D eigenvalue weighted by molar-refractivity contribution is 5.94. The highest BCUT2D eigenvalue weighted by Crippen LogP contribution is 2.26. The van der Waals surface area contributed by atoms with E-state index in [9.17, 15) is 18.0 Å². The highest BCUT2D eigenvalue weighted by Gasteiger charge is 2.38. The Morgan fingerprint density at radius 2 is 1.73 bits per heavy atom. The van der Waals surface area contributed by atoms with Gasteiger partial charge in [0.1, 0.15) is 5.76 Å². The summed E-state index contributed by atoms with van der Waals surface area (Å²) in [5, 5.41) is 11.2. The monoisotopic (exact) mass is 427 g/mol. The summed E-state index contributed by atoms with van der Waals surface area (Å²) in [4.78, 5) is 34.2. The Kier molecular flexibility index (Phi) is 6.22. The van der Waals surface area contributed by atoms with Gasteiger partial charge in [-0.25, -0.2) is 14.8 Å². The molecular formula is C18H20F3N5O4. The second-order valence-corrected chi connectivity index (χ2v) is 6.97. The Bertz CT molecular complexity index is 908. The molecule has 4 rings (SSSR count). The Morgan fingerprint density at radius 3 is 2.30 bits per heavy atom. The van der Waals surface area contributed by atoms with Crippen LogP contribution in [0.3, 0.4) is 0 Å². The molecule has 0 radical (unpaired) electrons. The van der Waals surface area contributed by atoms with Crippen LogP contribution < -0.4 is 4.90 Å². The van der Waals surface area contributed by atoms with Crippen LogP contribution in [0.2, 0.25) is 0 Å². The standard InChI is InChI=1S/C16H19N5O2.C2HF3O2/c1-11-8-17-16(18-9-11)21-7-4-13-12(10-21)14(19-23-13)15(22)20-5-2-3-6-20;3-2(4,5)1(6)7/h8-9H,2-7,10H2,1H3;(H,6,7). The summed E-state index contributed by atoms with van der Waals surface area (Å²) < 4.78 is 37.1. The molecule has 30 heavy (non-hydrogen) atoms. The quantitative estimate of drug-likeness (QED) is 0.776. The normalized spacial score (nSPS) is 16.0. The minimum absolute atomic E-state index is 0.0147. The number of anilines is 1. The van der Waals surface area contributed by atoms with Crippen LogP contribution >= 0.6 is 0 Å². The Balaban J connectivity index is 0.000000318. The molecule has 0 atom stereocenters. The summed E-state index contributed by atoms with van der Waals surface area (Å²) in [5.74, 6) is -1.27. The van der Waals surface area contributed by atoms with Gasteiger partial charge in [-0.2, -0.15) is 13.2 Å². The molecule has 162 valence electrons. The number of alkyl halides is 3. The van der Waals surface area contributed by atoms with E-state index in [1.54, 1.807) is 0 Å². The summed E-state index contributed by atoms with van der Waals surface area (Å²) in [7, 11) is 0. The van der Waals surface area contributed by atoms with E-state index in [1.165, 1.54) is 0 Å². The molecular weight excluding hydrogens is 407 g/mol. The molecule has 4 heterocycles.